The number of hydrogen-bond donors (Lipinski definition) is 2. The van der Waals surface area contributed by atoms with Crippen LogP contribution in [0.25, 0.3) is 22.5 Å². The number of ether oxygens (including phenoxy) is 1. The Morgan fingerprint density at radius 1 is 0.881 bits per heavy atom. The summed E-state index contributed by atoms with van der Waals surface area (Å²) in [6.07, 6.45) is 8.69. The van der Waals surface area contributed by atoms with Gasteiger partial charge in [0.25, 0.3) is 0 Å². The molecular weight excluding hydrogens is 538 g/mol. The first-order valence-electron chi connectivity index (χ1n) is 14.6. The number of nitrogens with one attached hydrogen (secondary N) is 2. The number of pyridine rings is 1. The molecule has 2 N–H and O–H groups in total. The number of anilines is 2. The average Bonchev–Trinajstić information content (AvgIpc) is 3.45. The molecule has 1 aliphatic heterocycles. The zero-order chi connectivity index (χ0) is 28.9. The number of aryl methyl sites for hydroxylation is 1. The number of alkyl halides is 2. The molecule has 2 aliphatic rings. The van der Waals surface area contributed by atoms with E-state index in [1.54, 1.807) is 37.5 Å². The van der Waals surface area contributed by atoms with Crippen LogP contribution in [0.2, 0.25) is 0 Å². The van der Waals surface area contributed by atoms with Gasteiger partial charge in [-0.25, -0.2) is 4.98 Å². The number of hydrogen-bond acceptors (Lipinski definition) is 8. The standard InChI is InChI=1S/C31H36F2N8O/c1-40-38-30(37-39-40)22-8-12-25(13-9-22)41-18-4-5-24(20-41)35-27-6-2-3-7-28(27)36-29-19-23(16-17-34-29)21-10-14-26(15-11-21)42-31(32)33/h8-17,19,24,27-28,31,35H,2-7,18,20H2,1H3,(H,34,36)/t24-,27+,28+/m0/s1. The first-order chi connectivity index (χ1) is 20.5. The minimum Gasteiger partial charge on any atom is -0.435 e. The van der Waals surface area contributed by atoms with Crippen LogP contribution in [0, 0.1) is 0 Å². The number of nitrogens with zero attached hydrogens (tertiary/aromatic N) is 6. The molecule has 2 fully saturated rings. The van der Waals surface area contributed by atoms with Gasteiger partial charge < -0.3 is 20.3 Å². The van der Waals surface area contributed by atoms with Crippen molar-refractivity contribution in [1.82, 2.24) is 30.5 Å². The summed E-state index contributed by atoms with van der Waals surface area (Å²) in [4.78, 5) is 8.53. The van der Waals surface area contributed by atoms with E-state index in [0.29, 0.717) is 17.9 Å². The SMILES string of the molecule is Cn1nnc(-c2ccc(N3CCC[C@H](N[C@@H]4CCCC[C@H]4Nc4cc(-c5ccc(OC(F)F)cc5)ccn4)C3)cc2)n1. The Bertz CT molecular complexity index is 1450. The first-order valence-corrected chi connectivity index (χ1v) is 14.6. The summed E-state index contributed by atoms with van der Waals surface area (Å²) in [5.74, 6) is 1.60. The molecule has 2 aromatic carbocycles. The molecule has 0 bridgehead atoms. The van der Waals surface area contributed by atoms with E-state index in [0.717, 1.165) is 61.3 Å². The maximum absolute atomic E-state index is 12.5. The molecule has 0 spiro atoms. The van der Waals surface area contributed by atoms with Crippen LogP contribution in [-0.2, 0) is 7.05 Å². The smallest absolute Gasteiger partial charge is 0.387 e. The van der Waals surface area contributed by atoms with Crippen molar-refractivity contribution in [3.05, 3.63) is 66.9 Å². The highest BCUT2D eigenvalue weighted by Gasteiger charge is 2.29. The largest absolute Gasteiger partial charge is 0.435 e. The van der Waals surface area contributed by atoms with Crippen LogP contribution in [0.5, 0.6) is 5.75 Å². The van der Waals surface area contributed by atoms with Gasteiger partial charge in [-0.3, -0.25) is 0 Å². The van der Waals surface area contributed by atoms with Crippen LogP contribution >= 0.6 is 0 Å². The lowest BCUT2D eigenvalue weighted by molar-refractivity contribution is -0.0498. The Morgan fingerprint density at radius 2 is 1.64 bits per heavy atom. The Morgan fingerprint density at radius 3 is 2.38 bits per heavy atom. The molecule has 3 atom stereocenters. The van der Waals surface area contributed by atoms with Gasteiger partial charge in [0.05, 0.1) is 7.05 Å². The van der Waals surface area contributed by atoms with Crippen LogP contribution < -0.4 is 20.3 Å². The van der Waals surface area contributed by atoms with Crippen LogP contribution in [0.1, 0.15) is 38.5 Å². The quantitative estimate of drug-likeness (QED) is 0.270. The third-order valence-electron chi connectivity index (χ3n) is 8.14. The minimum absolute atomic E-state index is 0.148. The summed E-state index contributed by atoms with van der Waals surface area (Å²) in [5, 5.41) is 20.1. The van der Waals surface area contributed by atoms with Gasteiger partial charge >= 0.3 is 6.61 Å². The molecular formula is C31H36F2N8O. The topological polar surface area (TPSA) is 93.0 Å². The third kappa shape index (κ3) is 6.84. The third-order valence-corrected chi connectivity index (χ3v) is 8.14. The van der Waals surface area contributed by atoms with Crippen molar-refractivity contribution in [3.63, 3.8) is 0 Å². The van der Waals surface area contributed by atoms with Crippen LogP contribution in [-0.4, -0.2) is 63.0 Å². The summed E-state index contributed by atoms with van der Waals surface area (Å²) in [6.45, 7) is -0.828. The van der Waals surface area contributed by atoms with E-state index < -0.39 is 6.61 Å². The zero-order valence-electron chi connectivity index (χ0n) is 23.7. The number of benzene rings is 2. The van der Waals surface area contributed by atoms with E-state index in [9.17, 15) is 8.78 Å². The number of tetrazole rings is 1. The van der Waals surface area contributed by atoms with Crippen LogP contribution in [0.4, 0.5) is 20.3 Å². The molecule has 1 aliphatic carbocycles. The first kappa shape index (κ1) is 28.0. The molecule has 9 nitrogen and oxygen atoms in total. The summed E-state index contributed by atoms with van der Waals surface area (Å²) in [6, 6.07) is 20.1. The van der Waals surface area contributed by atoms with Gasteiger partial charge in [-0.1, -0.05) is 25.0 Å². The molecule has 1 saturated carbocycles. The summed E-state index contributed by atoms with van der Waals surface area (Å²) in [7, 11) is 1.77. The lowest BCUT2D eigenvalue weighted by atomic mass is 9.89. The summed E-state index contributed by atoms with van der Waals surface area (Å²) in [5.41, 5.74) is 4.07. The number of piperidine rings is 1. The second kappa shape index (κ2) is 12.8. The Balaban J connectivity index is 1.08. The van der Waals surface area contributed by atoms with E-state index in [4.69, 9.17) is 0 Å². The van der Waals surface area contributed by atoms with E-state index in [1.807, 2.05) is 12.1 Å². The Hall–Kier alpha value is -4.12. The van der Waals surface area contributed by atoms with E-state index in [2.05, 4.69) is 64.9 Å². The number of halogens is 2. The molecule has 11 heteroatoms. The van der Waals surface area contributed by atoms with Gasteiger partial charge in [0.15, 0.2) is 0 Å². The maximum atomic E-state index is 12.5. The van der Waals surface area contributed by atoms with Crippen molar-refractivity contribution in [1.29, 1.82) is 0 Å². The van der Waals surface area contributed by atoms with Gasteiger partial charge in [-0.2, -0.15) is 13.6 Å². The van der Waals surface area contributed by atoms with Crippen LogP contribution in [0.15, 0.2) is 66.9 Å². The Labute approximate surface area is 244 Å². The van der Waals surface area contributed by atoms with Crippen molar-refractivity contribution in [2.45, 2.75) is 63.3 Å². The molecule has 0 unspecified atom stereocenters. The summed E-state index contributed by atoms with van der Waals surface area (Å²) >= 11 is 0. The fraction of sp³-hybridized carbons (Fsp3) is 0.419. The second-order valence-corrected chi connectivity index (χ2v) is 11.1. The zero-order valence-corrected chi connectivity index (χ0v) is 23.7. The normalized spacial score (nSPS) is 21.0. The monoisotopic (exact) mass is 574 g/mol. The fourth-order valence-electron chi connectivity index (χ4n) is 6.08. The van der Waals surface area contributed by atoms with E-state index in [1.165, 1.54) is 23.3 Å². The molecule has 4 aromatic rings. The second-order valence-electron chi connectivity index (χ2n) is 11.1. The number of aromatic nitrogens is 5. The average molecular weight is 575 g/mol. The lowest BCUT2D eigenvalue weighted by Crippen LogP contribution is -2.54. The molecule has 42 heavy (non-hydrogen) atoms. The van der Waals surface area contributed by atoms with Crippen molar-refractivity contribution < 1.29 is 13.5 Å². The molecule has 2 aromatic heterocycles. The molecule has 0 amide bonds. The lowest BCUT2D eigenvalue weighted by Gasteiger charge is -2.40. The fourth-order valence-corrected chi connectivity index (χ4v) is 6.08. The van der Waals surface area contributed by atoms with Crippen molar-refractivity contribution in [2.24, 2.45) is 7.05 Å². The van der Waals surface area contributed by atoms with E-state index in [-0.39, 0.29) is 11.8 Å². The van der Waals surface area contributed by atoms with E-state index >= 15 is 0 Å². The van der Waals surface area contributed by atoms with Crippen molar-refractivity contribution in [3.8, 4) is 28.3 Å². The predicted octanol–water partition coefficient (Wildman–Crippen LogP) is 5.52. The highest BCUT2D eigenvalue weighted by atomic mass is 19.3. The predicted molar refractivity (Wildman–Crippen MR) is 159 cm³/mol. The highest BCUT2D eigenvalue weighted by molar-refractivity contribution is 5.67. The van der Waals surface area contributed by atoms with Gasteiger partial charge in [0, 0.05) is 48.7 Å². The molecule has 3 heterocycles. The molecule has 6 rings (SSSR count). The molecule has 1 saturated heterocycles. The van der Waals surface area contributed by atoms with Gasteiger partial charge in [0.1, 0.15) is 11.6 Å². The summed E-state index contributed by atoms with van der Waals surface area (Å²) < 4.78 is 29.5. The van der Waals surface area contributed by atoms with Gasteiger partial charge in [-0.05, 0) is 90.6 Å². The van der Waals surface area contributed by atoms with Crippen molar-refractivity contribution >= 4 is 11.5 Å². The minimum atomic E-state index is -2.83. The number of rotatable bonds is 9. The van der Waals surface area contributed by atoms with Crippen LogP contribution in [0.3, 0.4) is 0 Å². The van der Waals surface area contributed by atoms with Gasteiger partial charge in [-0.15, -0.1) is 10.2 Å². The Kier molecular flexibility index (Phi) is 8.55. The molecule has 220 valence electrons. The highest BCUT2D eigenvalue weighted by Crippen LogP contribution is 2.28. The van der Waals surface area contributed by atoms with Gasteiger partial charge in [0.2, 0.25) is 5.82 Å². The van der Waals surface area contributed by atoms with Crippen molar-refractivity contribution in [2.75, 3.05) is 23.3 Å². The maximum Gasteiger partial charge on any atom is 0.387 e. The molecule has 0 radical (unpaired) electrons.